The van der Waals surface area contributed by atoms with Gasteiger partial charge in [0, 0.05) is 32.3 Å². The Labute approximate surface area is 142 Å². The van der Waals surface area contributed by atoms with E-state index < -0.39 is 11.5 Å². The van der Waals surface area contributed by atoms with Crippen molar-refractivity contribution in [2.45, 2.75) is 31.7 Å². The van der Waals surface area contributed by atoms with E-state index in [0.29, 0.717) is 13.0 Å². The zero-order valence-electron chi connectivity index (χ0n) is 14.0. The Bertz CT molecular complexity index is 563. The fourth-order valence-corrected chi connectivity index (χ4v) is 2.81. The summed E-state index contributed by atoms with van der Waals surface area (Å²) in [5, 5.41) is 10.3. The number of carbonyl (C=O) groups excluding carboxylic acids is 2. The molecule has 0 bridgehead atoms. The van der Waals surface area contributed by atoms with Gasteiger partial charge >= 0.3 is 5.97 Å². The Kier molecular flexibility index (Phi) is 6.58. The first kappa shape index (κ1) is 19.4. The Morgan fingerprint density at radius 1 is 1.52 bits per heavy atom. The first-order chi connectivity index (χ1) is 10.4. The maximum atomic E-state index is 12.6. The lowest BCUT2D eigenvalue weighted by Gasteiger charge is -2.29. The summed E-state index contributed by atoms with van der Waals surface area (Å²) in [6.45, 7) is 4.86. The molecule has 8 heteroatoms. The summed E-state index contributed by atoms with van der Waals surface area (Å²) in [6.07, 6.45) is 4.19. The van der Waals surface area contributed by atoms with Crippen molar-refractivity contribution in [1.29, 1.82) is 0 Å². The lowest BCUT2D eigenvalue weighted by molar-refractivity contribution is -0.150. The Balaban J connectivity index is 0.00000264. The van der Waals surface area contributed by atoms with Gasteiger partial charge in [0.1, 0.15) is 5.54 Å². The molecule has 0 spiro atoms. The van der Waals surface area contributed by atoms with Crippen molar-refractivity contribution < 1.29 is 14.3 Å². The van der Waals surface area contributed by atoms with E-state index >= 15 is 0 Å². The number of hydrogen-bond acceptors (Lipinski definition) is 5. The van der Waals surface area contributed by atoms with E-state index in [1.807, 2.05) is 20.2 Å². The molecule has 2 heterocycles. The molecular formula is C15H25ClN4O3. The molecule has 2 rings (SSSR count). The van der Waals surface area contributed by atoms with Gasteiger partial charge in [0.2, 0.25) is 5.91 Å². The van der Waals surface area contributed by atoms with Crippen LogP contribution in [0.1, 0.15) is 31.7 Å². The molecule has 1 fully saturated rings. The van der Waals surface area contributed by atoms with Gasteiger partial charge in [-0.2, -0.15) is 5.10 Å². The van der Waals surface area contributed by atoms with Crippen LogP contribution in [0.25, 0.3) is 0 Å². The minimum Gasteiger partial charge on any atom is -0.467 e. The number of rotatable bonds is 5. The third kappa shape index (κ3) is 4.03. The molecule has 1 aromatic heterocycles. The highest BCUT2D eigenvalue weighted by Crippen LogP contribution is 2.28. The lowest BCUT2D eigenvalue weighted by Crippen LogP contribution is -2.54. The van der Waals surface area contributed by atoms with E-state index in [2.05, 4.69) is 15.7 Å². The van der Waals surface area contributed by atoms with E-state index in [1.165, 1.54) is 7.11 Å². The zero-order valence-corrected chi connectivity index (χ0v) is 14.8. The minimum atomic E-state index is -0.992. The Hall–Kier alpha value is -1.60. The van der Waals surface area contributed by atoms with E-state index in [9.17, 15) is 9.59 Å². The van der Waals surface area contributed by atoms with Crippen molar-refractivity contribution >= 4 is 24.3 Å². The summed E-state index contributed by atoms with van der Waals surface area (Å²) in [5.74, 6) is -0.715. The smallest absolute Gasteiger partial charge is 0.331 e. The highest BCUT2D eigenvalue weighted by molar-refractivity contribution is 5.89. The van der Waals surface area contributed by atoms with Crippen LogP contribution in [0.4, 0.5) is 0 Å². The van der Waals surface area contributed by atoms with Gasteiger partial charge in [-0.05, 0) is 18.9 Å². The van der Waals surface area contributed by atoms with Crippen LogP contribution >= 0.6 is 12.4 Å². The molecule has 1 aliphatic rings. The number of hydrogen-bond donors (Lipinski definition) is 2. The van der Waals surface area contributed by atoms with Crippen LogP contribution < -0.4 is 10.6 Å². The molecule has 7 nitrogen and oxygen atoms in total. The summed E-state index contributed by atoms with van der Waals surface area (Å²) in [4.78, 5) is 24.5. The number of carbonyl (C=O) groups is 2. The van der Waals surface area contributed by atoms with E-state index in [0.717, 1.165) is 12.1 Å². The van der Waals surface area contributed by atoms with Crippen LogP contribution in [0.15, 0.2) is 12.4 Å². The first-order valence-corrected chi connectivity index (χ1v) is 7.51. The summed E-state index contributed by atoms with van der Waals surface area (Å²) in [6, 6.07) is 0. The van der Waals surface area contributed by atoms with Crippen LogP contribution in [0.5, 0.6) is 0 Å². The molecule has 1 aromatic rings. The molecule has 1 saturated heterocycles. The topological polar surface area (TPSA) is 85.3 Å². The molecule has 0 saturated carbocycles. The minimum absolute atomic E-state index is 0. The van der Waals surface area contributed by atoms with Crippen LogP contribution in [-0.4, -0.2) is 47.4 Å². The maximum Gasteiger partial charge on any atom is 0.331 e. The van der Waals surface area contributed by atoms with Crippen molar-refractivity contribution in [2.75, 3.05) is 20.2 Å². The number of ether oxygens (including phenoxy) is 1. The lowest BCUT2D eigenvalue weighted by atomic mass is 9.88. The average Bonchev–Trinajstić information content (AvgIpc) is 3.14. The average molecular weight is 345 g/mol. The van der Waals surface area contributed by atoms with Gasteiger partial charge in [0.05, 0.1) is 19.2 Å². The standard InChI is InChI=1S/C15H24N4O3.ClH/c1-5-15(2,14(21)22-4)18-13(20)12-8-16-7-11(12)10-6-17-19(3)9-10;/h6,9,11-12,16H,5,7-8H2,1-4H3,(H,18,20);1H/t11-,12+,15?;/m1./s1. The van der Waals surface area contributed by atoms with Gasteiger partial charge < -0.3 is 15.4 Å². The number of amides is 1. The molecule has 0 aliphatic carbocycles. The van der Waals surface area contributed by atoms with Crippen LogP contribution in [0, 0.1) is 5.92 Å². The van der Waals surface area contributed by atoms with E-state index in [1.54, 1.807) is 17.8 Å². The summed E-state index contributed by atoms with van der Waals surface area (Å²) < 4.78 is 6.53. The number of aromatic nitrogens is 2. The SMILES string of the molecule is CCC(C)(NC(=O)[C@H]1CNC[C@@H]1c1cnn(C)c1)C(=O)OC.Cl. The first-order valence-electron chi connectivity index (χ1n) is 7.51. The van der Waals surface area contributed by atoms with Crippen LogP contribution in [0.3, 0.4) is 0 Å². The van der Waals surface area contributed by atoms with Gasteiger partial charge in [0.15, 0.2) is 0 Å². The summed E-state index contributed by atoms with van der Waals surface area (Å²) in [7, 11) is 3.18. The Morgan fingerprint density at radius 3 is 2.74 bits per heavy atom. The normalized spacial score (nSPS) is 22.8. The van der Waals surface area contributed by atoms with Crippen LogP contribution in [0.2, 0.25) is 0 Å². The highest BCUT2D eigenvalue weighted by atomic mass is 35.5. The third-order valence-corrected chi connectivity index (χ3v) is 4.45. The van der Waals surface area contributed by atoms with Crippen molar-refractivity contribution in [3.8, 4) is 0 Å². The quantitative estimate of drug-likeness (QED) is 0.764. The summed E-state index contributed by atoms with van der Waals surface area (Å²) >= 11 is 0. The monoisotopic (exact) mass is 344 g/mol. The fraction of sp³-hybridized carbons (Fsp3) is 0.667. The molecule has 1 amide bonds. The van der Waals surface area contributed by atoms with E-state index in [4.69, 9.17) is 4.74 Å². The second-order valence-electron chi connectivity index (χ2n) is 5.99. The molecule has 130 valence electrons. The van der Waals surface area contributed by atoms with Gasteiger partial charge in [0.25, 0.3) is 0 Å². The zero-order chi connectivity index (χ0) is 16.3. The van der Waals surface area contributed by atoms with Gasteiger partial charge in [-0.25, -0.2) is 4.79 Å². The molecule has 1 unspecified atom stereocenters. The predicted octanol–water partition coefficient (Wildman–Crippen LogP) is 0.603. The number of nitrogens with zero attached hydrogens (tertiary/aromatic N) is 2. The van der Waals surface area contributed by atoms with E-state index in [-0.39, 0.29) is 30.2 Å². The van der Waals surface area contributed by atoms with Crippen molar-refractivity contribution in [3.05, 3.63) is 18.0 Å². The second-order valence-corrected chi connectivity index (χ2v) is 5.99. The fourth-order valence-electron chi connectivity index (χ4n) is 2.81. The van der Waals surface area contributed by atoms with Gasteiger partial charge in [-0.1, -0.05) is 6.92 Å². The van der Waals surface area contributed by atoms with Crippen LogP contribution in [-0.2, 0) is 21.4 Å². The number of esters is 1. The van der Waals surface area contributed by atoms with Gasteiger partial charge in [-0.15, -0.1) is 12.4 Å². The molecule has 1 aliphatic heterocycles. The molecule has 23 heavy (non-hydrogen) atoms. The molecule has 0 aromatic carbocycles. The number of nitrogens with one attached hydrogen (secondary N) is 2. The molecule has 3 atom stereocenters. The molecule has 0 radical (unpaired) electrons. The third-order valence-electron chi connectivity index (χ3n) is 4.45. The number of methoxy groups -OCH3 is 1. The molecule has 2 N–H and O–H groups in total. The van der Waals surface area contributed by atoms with Gasteiger partial charge in [-0.3, -0.25) is 9.48 Å². The molecular weight excluding hydrogens is 320 g/mol. The van der Waals surface area contributed by atoms with Crippen molar-refractivity contribution in [3.63, 3.8) is 0 Å². The second kappa shape index (κ2) is 7.79. The number of halogens is 1. The Morgan fingerprint density at radius 2 is 2.22 bits per heavy atom. The number of aryl methyl sites for hydroxylation is 1. The van der Waals surface area contributed by atoms with Crippen molar-refractivity contribution in [2.24, 2.45) is 13.0 Å². The summed E-state index contributed by atoms with van der Waals surface area (Å²) in [5.41, 5.74) is 0.0393. The highest BCUT2D eigenvalue weighted by Gasteiger charge is 2.40. The van der Waals surface area contributed by atoms with Crippen molar-refractivity contribution in [1.82, 2.24) is 20.4 Å². The maximum absolute atomic E-state index is 12.6. The largest absolute Gasteiger partial charge is 0.467 e. The predicted molar refractivity (Wildman–Crippen MR) is 88.4 cm³/mol.